The Morgan fingerprint density at radius 1 is 0.800 bits per heavy atom. The van der Waals surface area contributed by atoms with Gasteiger partial charge in [0.2, 0.25) is 29.5 Å². The van der Waals surface area contributed by atoms with Crippen LogP contribution >= 0.6 is 0 Å². The van der Waals surface area contributed by atoms with Gasteiger partial charge >= 0.3 is 5.97 Å². The number of carboxylic acid groups (broad SMARTS) is 1. The molecule has 13 heteroatoms. The first kappa shape index (κ1) is 26.8. The Hall–Kier alpha value is -3.22. The molecule has 4 unspecified atom stereocenters. The van der Waals surface area contributed by atoms with Crippen LogP contribution in [-0.4, -0.2) is 64.8 Å². The van der Waals surface area contributed by atoms with Crippen molar-refractivity contribution in [1.82, 2.24) is 16.0 Å². The highest BCUT2D eigenvalue weighted by molar-refractivity contribution is 5.96. The third kappa shape index (κ3) is 9.82. The van der Waals surface area contributed by atoms with Crippen LogP contribution < -0.4 is 33.2 Å². The summed E-state index contributed by atoms with van der Waals surface area (Å²) in [6.07, 6.45) is -1.03. The lowest BCUT2D eigenvalue weighted by molar-refractivity contribution is -0.142. The fourth-order valence-corrected chi connectivity index (χ4v) is 2.20. The van der Waals surface area contributed by atoms with Crippen molar-refractivity contribution in [3.8, 4) is 0 Å². The number of nitrogens with two attached hydrogens (primary N) is 3. The van der Waals surface area contributed by atoms with E-state index in [4.69, 9.17) is 22.3 Å². The van der Waals surface area contributed by atoms with Crippen LogP contribution in [-0.2, 0) is 28.8 Å². The van der Waals surface area contributed by atoms with Gasteiger partial charge in [-0.3, -0.25) is 24.0 Å². The van der Waals surface area contributed by atoms with Gasteiger partial charge in [0, 0.05) is 6.42 Å². The van der Waals surface area contributed by atoms with Gasteiger partial charge in [-0.1, -0.05) is 13.8 Å². The molecule has 0 radical (unpaired) electrons. The van der Waals surface area contributed by atoms with Gasteiger partial charge in [-0.25, -0.2) is 4.79 Å². The van der Waals surface area contributed by atoms with Crippen LogP contribution in [0.5, 0.6) is 0 Å². The van der Waals surface area contributed by atoms with Crippen LogP contribution in [0.15, 0.2) is 0 Å². The lowest BCUT2D eigenvalue weighted by Crippen LogP contribution is -2.57. The molecular formula is C17H30N6O7. The molecule has 10 N–H and O–H groups in total. The van der Waals surface area contributed by atoms with Crippen molar-refractivity contribution in [2.45, 2.75) is 64.2 Å². The fraction of sp³-hybridized carbons (Fsp3) is 0.647. The third-order valence-corrected chi connectivity index (χ3v) is 4.11. The molecule has 30 heavy (non-hydrogen) atoms. The number of carbonyl (C=O) groups is 6. The normalized spacial score (nSPS) is 14.7. The lowest BCUT2D eigenvalue weighted by Gasteiger charge is -2.23. The molecule has 0 heterocycles. The number of carbonyl (C=O) groups excluding carboxylic acids is 5. The molecule has 0 fully saturated rings. The Bertz CT molecular complexity index is 682. The second-order valence-electron chi connectivity index (χ2n) is 7.14. The number of amides is 5. The molecule has 0 aromatic rings. The first-order chi connectivity index (χ1) is 13.8. The quantitative estimate of drug-likeness (QED) is 0.155. The van der Waals surface area contributed by atoms with Crippen LogP contribution in [0.25, 0.3) is 0 Å². The summed E-state index contributed by atoms with van der Waals surface area (Å²) in [6.45, 7) is 4.65. The highest BCUT2D eigenvalue weighted by Crippen LogP contribution is 2.02. The molecule has 0 aromatic carbocycles. The molecule has 0 spiro atoms. The first-order valence-electron chi connectivity index (χ1n) is 9.22. The smallest absolute Gasteiger partial charge is 0.326 e. The molecule has 13 nitrogen and oxygen atoms in total. The molecular weight excluding hydrogens is 400 g/mol. The van der Waals surface area contributed by atoms with Crippen molar-refractivity contribution in [2.24, 2.45) is 23.1 Å². The van der Waals surface area contributed by atoms with Gasteiger partial charge in [-0.05, 0) is 19.3 Å². The highest BCUT2D eigenvalue weighted by Gasteiger charge is 2.29. The van der Waals surface area contributed by atoms with Gasteiger partial charge < -0.3 is 38.3 Å². The van der Waals surface area contributed by atoms with Gasteiger partial charge in [0.25, 0.3) is 0 Å². The zero-order chi connectivity index (χ0) is 23.6. The molecule has 4 atom stereocenters. The van der Waals surface area contributed by atoms with Gasteiger partial charge in [-0.2, -0.15) is 0 Å². The van der Waals surface area contributed by atoms with Crippen LogP contribution in [0.1, 0.15) is 40.0 Å². The fourth-order valence-electron chi connectivity index (χ4n) is 2.20. The number of hydrogen-bond acceptors (Lipinski definition) is 7. The summed E-state index contributed by atoms with van der Waals surface area (Å²) >= 11 is 0. The van der Waals surface area contributed by atoms with E-state index in [0.29, 0.717) is 0 Å². The lowest BCUT2D eigenvalue weighted by atomic mass is 10.0. The predicted molar refractivity (Wildman–Crippen MR) is 104 cm³/mol. The maximum Gasteiger partial charge on any atom is 0.326 e. The van der Waals surface area contributed by atoms with Gasteiger partial charge in [0.1, 0.15) is 18.1 Å². The maximum atomic E-state index is 12.4. The number of primary amides is 2. The topological polar surface area (TPSA) is 237 Å². The molecule has 0 saturated heterocycles. The van der Waals surface area contributed by atoms with E-state index in [1.165, 1.54) is 6.92 Å². The van der Waals surface area contributed by atoms with Crippen molar-refractivity contribution in [1.29, 1.82) is 0 Å². The van der Waals surface area contributed by atoms with Crippen molar-refractivity contribution >= 4 is 35.5 Å². The van der Waals surface area contributed by atoms with Crippen LogP contribution in [0.4, 0.5) is 0 Å². The van der Waals surface area contributed by atoms with E-state index in [1.54, 1.807) is 13.8 Å². The van der Waals surface area contributed by atoms with E-state index in [0.717, 1.165) is 0 Å². The Labute approximate surface area is 173 Å². The molecule has 5 amide bonds. The summed E-state index contributed by atoms with van der Waals surface area (Å²) in [5, 5.41) is 15.9. The van der Waals surface area contributed by atoms with Gasteiger partial charge in [-0.15, -0.1) is 0 Å². The van der Waals surface area contributed by atoms with Gasteiger partial charge in [0.05, 0.1) is 12.5 Å². The van der Waals surface area contributed by atoms with E-state index in [-0.39, 0.29) is 18.8 Å². The van der Waals surface area contributed by atoms with Crippen molar-refractivity contribution in [3.63, 3.8) is 0 Å². The number of carboxylic acids is 1. The second-order valence-corrected chi connectivity index (χ2v) is 7.14. The number of aliphatic carboxylic acids is 1. The second kappa shape index (κ2) is 12.4. The van der Waals surface area contributed by atoms with Crippen molar-refractivity contribution in [2.75, 3.05) is 0 Å². The van der Waals surface area contributed by atoms with E-state index in [2.05, 4.69) is 16.0 Å². The van der Waals surface area contributed by atoms with Crippen LogP contribution in [0, 0.1) is 5.92 Å². The summed E-state index contributed by atoms with van der Waals surface area (Å²) in [5.41, 5.74) is 15.8. The Morgan fingerprint density at radius 3 is 1.77 bits per heavy atom. The third-order valence-electron chi connectivity index (χ3n) is 4.11. The average molecular weight is 430 g/mol. The number of nitrogens with one attached hydrogen (secondary N) is 3. The minimum Gasteiger partial charge on any atom is -0.480 e. The van der Waals surface area contributed by atoms with E-state index >= 15 is 0 Å². The molecule has 0 bridgehead atoms. The van der Waals surface area contributed by atoms with Crippen LogP contribution in [0.2, 0.25) is 0 Å². The van der Waals surface area contributed by atoms with Gasteiger partial charge in [0.15, 0.2) is 0 Å². The molecule has 0 aliphatic rings. The molecule has 0 saturated carbocycles. The molecule has 0 aliphatic carbocycles. The molecule has 0 aromatic heterocycles. The zero-order valence-corrected chi connectivity index (χ0v) is 17.1. The largest absolute Gasteiger partial charge is 0.480 e. The first-order valence-corrected chi connectivity index (χ1v) is 9.22. The average Bonchev–Trinajstić information content (AvgIpc) is 2.62. The number of rotatable bonds is 13. The predicted octanol–water partition coefficient (Wildman–Crippen LogP) is -3.33. The summed E-state index contributed by atoms with van der Waals surface area (Å²) < 4.78 is 0. The van der Waals surface area contributed by atoms with E-state index in [9.17, 15) is 28.8 Å². The van der Waals surface area contributed by atoms with E-state index in [1.807, 2.05) is 0 Å². The Morgan fingerprint density at radius 2 is 1.33 bits per heavy atom. The van der Waals surface area contributed by atoms with E-state index < -0.39 is 66.1 Å². The summed E-state index contributed by atoms with van der Waals surface area (Å²) in [6, 6.07) is -4.93. The molecule has 0 aliphatic heterocycles. The maximum absolute atomic E-state index is 12.4. The number of hydrogen-bond donors (Lipinski definition) is 7. The standard InChI is InChI=1S/C17H30N6O7/c1-7(2)13(20)16(28)23-10(6-12(19)25)15(27)21-8(3)14(26)22-9(17(29)30)4-5-11(18)24/h7-10,13H,4-6,20H2,1-3H3,(H2,18,24)(H2,19,25)(H,21,27)(H,22,26)(H,23,28)(H,29,30). The monoisotopic (exact) mass is 430 g/mol. The summed E-state index contributed by atoms with van der Waals surface area (Å²) in [5.74, 6) is -5.65. The molecule has 170 valence electrons. The summed E-state index contributed by atoms with van der Waals surface area (Å²) in [4.78, 5) is 70.0. The van der Waals surface area contributed by atoms with Crippen LogP contribution in [0.3, 0.4) is 0 Å². The SMILES string of the molecule is CC(NC(=O)C(CC(N)=O)NC(=O)C(N)C(C)C)C(=O)NC(CCC(N)=O)C(=O)O. The highest BCUT2D eigenvalue weighted by atomic mass is 16.4. The summed E-state index contributed by atoms with van der Waals surface area (Å²) in [7, 11) is 0. The molecule has 0 rings (SSSR count). The zero-order valence-electron chi connectivity index (χ0n) is 17.1. The minimum absolute atomic E-state index is 0.232. The van der Waals surface area contributed by atoms with Crippen molar-refractivity contribution in [3.05, 3.63) is 0 Å². The minimum atomic E-state index is -1.39. The Kier molecular flexibility index (Phi) is 11.0. The Balaban J connectivity index is 5.08. The van der Waals surface area contributed by atoms with Crippen molar-refractivity contribution < 1.29 is 33.9 Å².